The van der Waals surface area contributed by atoms with E-state index in [0.717, 1.165) is 25.2 Å². The molecule has 1 saturated heterocycles. The van der Waals surface area contributed by atoms with Crippen LogP contribution in [0.4, 0.5) is 4.79 Å². The first kappa shape index (κ1) is 18.7. The first-order chi connectivity index (χ1) is 11.5. The molecule has 5 heteroatoms. The maximum absolute atomic E-state index is 12.4. The molecular weight excluding hydrogens is 302 g/mol. The zero-order valence-corrected chi connectivity index (χ0v) is 15.4. The molecule has 1 fully saturated rings. The van der Waals surface area contributed by atoms with Crippen molar-refractivity contribution in [2.75, 3.05) is 46.8 Å². The molecule has 24 heavy (non-hydrogen) atoms. The molecule has 1 aliphatic rings. The smallest absolute Gasteiger partial charge is 0.410 e. The summed E-state index contributed by atoms with van der Waals surface area (Å²) in [7, 11) is 4.28. The van der Waals surface area contributed by atoms with Crippen LogP contribution in [0.15, 0.2) is 30.3 Å². The summed E-state index contributed by atoms with van der Waals surface area (Å²) in [5.74, 6) is 0.592. The second kappa shape index (κ2) is 9.04. The molecule has 0 aliphatic carbocycles. The Morgan fingerprint density at radius 2 is 1.79 bits per heavy atom. The Morgan fingerprint density at radius 1 is 1.12 bits per heavy atom. The van der Waals surface area contributed by atoms with Crippen molar-refractivity contribution >= 4 is 6.09 Å². The second-order valence-corrected chi connectivity index (χ2v) is 7.08. The molecule has 1 aromatic carbocycles. The van der Waals surface area contributed by atoms with E-state index in [0.29, 0.717) is 31.7 Å². The van der Waals surface area contributed by atoms with E-state index in [4.69, 9.17) is 4.74 Å². The van der Waals surface area contributed by atoms with Crippen molar-refractivity contribution in [3.63, 3.8) is 0 Å². The maximum atomic E-state index is 12.4. The van der Waals surface area contributed by atoms with Gasteiger partial charge in [0.25, 0.3) is 0 Å². The first-order valence-corrected chi connectivity index (χ1v) is 8.81. The van der Waals surface area contributed by atoms with Crippen molar-refractivity contribution in [1.82, 2.24) is 14.7 Å². The summed E-state index contributed by atoms with van der Waals surface area (Å²) in [6.07, 6.45) is -0.219. The Morgan fingerprint density at radius 3 is 2.46 bits per heavy atom. The van der Waals surface area contributed by atoms with Gasteiger partial charge in [0.2, 0.25) is 0 Å². The fourth-order valence-corrected chi connectivity index (χ4v) is 3.11. The quantitative estimate of drug-likeness (QED) is 0.852. The summed E-state index contributed by atoms with van der Waals surface area (Å²) in [6.45, 7) is 9.05. The molecule has 0 N–H and O–H groups in total. The van der Waals surface area contributed by atoms with Crippen molar-refractivity contribution in [3.8, 4) is 0 Å². The van der Waals surface area contributed by atoms with E-state index in [1.807, 2.05) is 35.2 Å². The van der Waals surface area contributed by atoms with Gasteiger partial charge in [0.15, 0.2) is 0 Å². The number of carbonyl (C=O) groups is 1. The van der Waals surface area contributed by atoms with E-state index in [-0.39, 0.29) is 6.09 Å². The number of ether oxygens (including phenoxy) is 1. The SMILES string of the molecule is CC(C)C1CN(C)CCN(C(=O)OCc2ccccc2)CCN1C. The van der Waals surface area contributed by atoms with Gasteiger partial charge in [0.05, 0.1) is 0 Å². The summed E-state index contributed by atoms with van der Waals surface area (Å²) >= 11 is 0. The van der Waals surface area contributed by atoms with Gasteiger partial charge < -0.3 is 19.4 Å². The summed E-state index contributed by atoms with van der Waals surface area (Å²) in [5, 5.41) is 0. The van der Waals surface area contributed by atoms with Crippen molar-refractivity contribution in [2.24, 2.45) is 5.92 Å². The average molecular weight is 333 g/mol. The normalized spacial score (nSPS) is 21.2. The Bertz CT molecular complexity index is 507. The van der Waals surface area contributed by atoms with Gasteiger partial charge in [0.1, 0.15) is 6.61 Å². The lowest BCUT2D eigenvalue weighted by molar-refractivity contribution is 0.0916. The number of benzene rings is 1. The lowest BCUT2D eigenvalue weighted by Crippen LogP contribution is -2.45. The van der Waals surface area contributed by atoms with Gasteiger partial charge in [-0.3, -0.25) is 0 Å². The molecule has 2 rings (SSSR count). The summed E-state index contributed by atoms with van der Waals surface area (Å²) < 4.78 is 5.50. The summed E-state index contributed by atoms with van der Waals surface area (Å²) in [6, 6.07) is 10.3. The lowest BCUT2D eigenvalue weighted by Gasteiger charge is -2.33. The van der Waals surface area contributed by atoms with E-state index >= 15 is 0 Å². The average Bonchev–Trinajstić information content (AvgIpc) is 2.64. The fourth-order valence-electron chi connectivity index (χ4n) is 3.11. The van der Waals surface area contributed by atoms with Crippen LogP contribution in [0.1, 0.15) is 19.4 Å². The van der Waals surface area contributed by atoms with Crippen molar-refractivity contribution in [2.45, 2.75) is 26.5 Å². The van der Waals surface area contributed by atoms with Crippen LogP contribution in [0.25, 0.3) is 0 Å². The molecule has 1 aromatic rings. The zero-order valence-electron chi connectivity index (χ0n) is 15.4. The zero-order chi connectivity index (χ0) is 17.5. The minimum absolute atomic E-state index is 0.219. The van der Waals surface area contributed by atoms with Gasteiger partial charge in [0, 0.05) is 38.8 Å². The van der Waals surface area contributed by atoms with Crippen molar-refractivity contribution in [3.05, 3.63) is 35.9 Å². The van der Waals surface area contributed by atoms with Crippen LogP contribution in [0.2, 0.25) is 0 Å². The number of amides is 1. The van der Waals surface area contributed by atoms with E-state index < -0.39 is 0 Å². The minimum atomic E-state index is -0.219. The molecule has 0 radical (unpaired) electrons. The third-order valence-electron chi connectivity index (χ3n) is 4.77. The predicted octanol–water partition coefficient (Wildman–Crippen LogP) is 2.53. The Hall–Kier alpha value is -1.59. The van der Waals surface area contributed by atoms with Gasteiger partial charge in [-0.15, -0.1) is 0 Å². The highest BCUT2D eigenvalue weighted by molar-refractivity contribution is 5.67. The Kier molecular flexibility index (Phi) is 7.06. The highest BCUT2D eigenvalue weighted by Gasteiger charge is 2.25. The molecular formula is C19H31N3O2. The molecule has 1 heterocycles. The second-order valence-electron chi connectivity index (χ2n) is 7.08. The molecule has 0 saturated carbocycles. The van der Waals surface area contributed by atoms with Crippen LogP contribution >= 0.6 is 0 Å². The maximum Gasteiger partial charge on any atom is 0.410 e. The Labute approximate surface area is 146 Å². The topological polar surface area (TPSA) is 36.0 Å². The van der Waals surface area contributed by atoms with Crippen LogP contribution in [-0.4, -0.2) is 73.7 Å². The molecule has 0 aromatic heterocycles. The van der Waals surface area contributed by atoms with E-state index in [9.17, 15) is 4.79 Å². The number of likely N-dealkylation sites (N-methyl/N-ethyl adjacent to an activating group) is 2. The summed E-state index contributed by atoms with van der Waals surface area (Å²) in [5.41, 5.74) is 1.02. The van der Waals surface area contributed by atoms with Gasteiger partial charge in [-0.25, -0.2) is 4.79 Å². The predicted molar refractivity (Wildman–Crippen MR) is 97.0 cm³/mol. The monoisotopic (exact) mass is 333 g/mol. The van der Waals surface area contributed by atoms with Gasteiger partial charge in [-0.2, -0.15) is 0 Å². The number of rotatable bonds is 3. The van der Waals surface area contributed by atoms with Gasteiger partial charge in [-0.1, -0.05) is 44.2 Å². The van der Waals surface area contributed by atoms with Gasteiger partial charge >= 0.3 is 6.09 Å². The highest BCUT2D eigenvalue weighted by Crippen LogP contribution is 2.13. The van der Waals surface area contributed by atoms with Crippen LogP contribution in [0, 0.1) is 5.92 Å². The molecule has 134 valence electrons. The van der Waals surface area contributed by atoms with Crippen molar-refractivity contribution < 1.29 is 9.53 Å². The van der Waals surface area contributed by atoms with E-state index in [1.165, 1.54) is 0 Å². The van der Waals surface area contributed by atoms with Crippen LogP contribution in [0.3, 0.4) is 0 Å². The third kappa shape index (κ3) is 5.49. The standard InChI is InChI=1S/C19H31N3O2/c1-16(2)18-14-20(3)10-12-22(13-11-21(18)4)19(23)24-15-17-8-6-5-7-9-17/h5-9,16,18H,10-15H2,1-4H3. The largest absolute Gasteiger partial charge is 0.445 e. The molecule has 1 atom stereocenters. The Balaban J connectivity index is 1.93. The van der Waals surface area contributed by atoms with E-state index in [2.05, 4.69) is 37.7 Å². The third-order valence-corrected chi connectivity index (χ3v) is 4.77. The van der Waals surface area contributed by atoms with E-state index in [1.54, 1.807) is 0 Å². The van der Waals surface area contributed by atoms with Crippen LogP contribution in [-0.2, 0) is 11.3 Å². The van der Waals surface area contributed by atoms with Crippen LogP contribution < -0.4 is 0 Å². The fraction of sp³-hybridized carbons (Fsp3) is 0.632. The summed E-state index contributed by atoms with van der Waals surface area (Å²) in [4.78, 5) is 19.0. The molecule has 0 spiro atoms. The minimum Gasteiger partial charge on any atom is -0.445 e. The lowest BCUT2D eigenvalue weighted by atomic mass is 10.0. The molecule has 1 unspecified atom stereocenters. The molecule has 0 bridgehead atoms. The van der Waals surface area contributed by atoms with Crippen LogP contribution in [0.5, 0.6) is 0 Å². The number of carbonyl (C=O) groups excluding carboxylic acids is 1. The molecule has 5 nitrogen and oxygen atoms in total. The number of hydrogen-bond donors (Lipinski definition) is 0. The molecule has 1 aliphatic heterocycles. The van der Waals surface area contributed by atoms with Crippen molar-refractivity contribution in [1.29, 1.82) is 0 Å². The van der Waals surface area contributed by atoms with Gasteiger partial charge in [-0.05, 0) is 25.6 Å². The first-order valence-electron chi connectivity index (χ1n) is 8.81. The number of nitrogens with zero attached hydrogens (tertiary/aromatic N) is 3. The highest BCUT2D eigenvalue weighted by atomic mass is 16.6. The molecule has 1 amide bonds. The number of hydrogen-bond acceptors (Lipinski definition) is 4.